The first-order valence-corrected chi connectivity index (χ1v) is 7.36. The maximum atomic E-state index is 11.8. The van der Waals surface area contributed by atoms with Crippen molar-refractivity contribution in [3.05, 3.63) is 29.2 Å². The van der Waals surface area contributed by atoms with E-state index in [1.165, 1.54) is 12.4 Å². The molecule has 7 nitrogen and oxygen atoms in total. The van der Waals surface area contributed by atoms with E-state index in [-0.39, 0.29) is 17.4 Å². The highest BCUT2D eigenvalue weighted by molar-refractivity contribution is 7.91. The van der Waals surface area contributed by atoms with Crippen LogP contribution in [0.25, 0.3) is 0 Å². The number of hydrogen-bond donors (Lipinski definition) is 2. The summed E-state index contributed by atoms with van der Waals surface area (Å²) in [6.07, 6.45) is 1.59. The third kappa shape index (κ3) is 3.13. The summed E-state index contributed by atoms with van der Waals surface area (Å²) in [5.74, 6) is 0.375. The van der Waals surface area contributed by atoms with Crippen LogP contribution in [0, 0.1) is 0 Å². The van der Waals surface area contributed by atoms with Gasteiger partial charge in [0.25, 0.3) is 0 Å². The summed E-state index contributed by atoms with van der Waals surface area (Å²) in [6.45, 7) is 0.0130. The van der Waals surface area contributed by atoms with E-state index in [4.69, 9.17) is 9.63 Å². The Hall–Kier alpha value is -1.29. The van der Waals surface area contributed by atoms with Crippen LogP contribution in [0.4, 0.5) is 0 Å². The minimum absolute atomic E-state index is 0.165. The number of nitrogens with one attached hydrogen (secondary N) is 1. The van der Waals surface area contributed by atoms with Crippen molar-refractivity contribution in [2.24, 2.45) is 0 Å². The van der Waals surface area contributed by atoms with Gasteiger partial charge in [0, 0.05) is 17.8 Å². The first kappa shape index (κ1) is 13.1. The second kappa shape index (κ2) is 5.57. The van der Waals surface area contributed by atoms with Crippen molar-refractivity contribution in [3.63, 3.8) is 0 Å². The predicted molar refractivity (Wildman–Crippen MR) is 63.4 cm³/mol. The molecule has 0 aromatic carbocycles. The Morgan fingerprint density at radius 1 is 1.44 bits per heavy atom. The number of rotatable bonds is 6. The van der Waals surface area contributed by atoms with Crippen LogP contribution in [-0.2, 0) is 23.1 Å². The lowest BCUT2D eigenvalue weighted by Gasteiger charge is -2.02. The molecular weight excluding hydrogens is 278 g/mol. The van der Waals surface area contributed by atoms with Crippen LogP contribution in [0.5, 0.6) is 0 Å². The van der Waals surface area contributed by atoms with Crippen LogP contribution in [0.3, 0.4) is 0 Å². The fourth-order valence-corrected chi connectivity index (χ4v) is 3.55. The molecule has 0 aliphatic heterocycles. The van der Waals surface area contributed by atoms with Gasteiger partial charge >= 0.3 is 0 Å². The molecule has 2 aromatic heterocycles. The number of hydrogen-bond acceptors (Lipinski definition) is 7. The van der Waals surface area contributed by atoms with Crippen molar-refractivity contribution >= 4 is 21.4 Å². The molecule has 0 atom stereocenters. The molecule has 0 aliphatic rings. The number of aliphatic hydroxyl groups excluding tert-OH is 1. The van der Waals surface area contributed by atoms with Crippen molar-refractivity contribution in [3.8, 4) is 0 Å². The lowest BCUT2D eigenvalue weighted by molar-refractivity contribution is 0.285. The second-order valence-electron chi connectivity index (χ2n) is 3.36. The van der Waals surface area contributed by atoms with Crippen molar-refractivity contribution in [2.75, 3.05) is 6.54 Å². The van der Waals surface area contributed by atoms with Gasteiger partial charge in [0.05, 0.1) is 6.61 Å². The Morgan fingerprint density at radius 2 is 2.28 bits per heavy atom. The summed E-state index contributed by atoms with van der Waals surface area (Å²) < 4.78 is 31.0. The van der Waals surface area contributed by atoms with Gasteiger partial charge in [-0.3, -0.25) is 0 Å². The fraction of sp³-hybridized carbons (Fsp3) is 0.333. The number of nitrogens with zero attached hydrogens (tertiary/aromatic N) is 2. The molecule has 0 radical (unpaired) electrons. The van der Waals surface area contributed by atoms with Crippen LogP contribution < -0.4 is 4.72 Å². The average molecular weight is 289 g/mol. The van der Waals surface area contributed by atoms with E-state index >= 15 is 0 Å². The summed E-state index contributed by atoms with van der Waals surface area (Å²) in [7, 11) is -3.54. The molecule has 2 heterocycles. The third-order valence-corrected chi connectivity index (χ3v) is 5.12. The molecule has 0 fully saturated rings. The largest absolute Gasteiger partial charge is 0.391 e. The molecule has 0 saturated heterocycles. The Labute approximate surface area is 108 Å². The van der Waals surface area contributed by atoms with E-state index in [1.807, 2.05) is 0 Å². The second-order valence-corrected chi connectivity index (χ2v) is 6.52. The van der Waals surface area contributed by atoms with Crippen LogP contribution in [0.2, 0.25) is 0 Å². The first-order valence-electron chi connectivity index (χ1n) is 5.06. The van der Waals surface area contributed by atoms with E-state index in [9.17, 15) is 8.42 Å². The molecule has 0 aliphatic carbocycles. The van der Waals surface area contributed by atoms with Gasteiger partial charge in [0.1, 0.15) is 4.21 Å². The van der Waals surface area contributed by atoms with Gasteiger partial charge in [-0.25, -0.2) is 13.1 Å². The van der Waals surface area contributed by atoms with Gasteiger partial charge in [-0.15, -0.1) is 11.3 Å². The van der Waals surface area contributed by atoms with Crippen molar-refractivity contribution < 1.29 is 18.0 Å². The Balaban J connectivity index is 1.95. The van der Waals surface area contributed by atoms with Crippen molar-refractivity contribution in [2.45, 2.75) is 17.2 Å². The number of sulfonamides is 1. The van der Waals surface area contributed by atoms with E-state index < -0.39 is 10.0 Å². The van der Waals surface area contributed by atoms with Gasteiger partial charge in [0.2, 0.25) is 15.9 Å². The van der Waals surface area contributed by atoms with E-state index in [0.29, 0.717) is 17.2 Å². The predicted octanol–water partition coefficient (Wildman–Crippen LogP) is 0.144. The van der Waals surface area contributed by atoms with Gasteiger partial charge in [0.15, 0.2) is 6.33 Å². The highest BCUT2D eigenvalue weighted by Crippen LogP contribution is 2.21. The summed E-state index contributed by atoms with van der Waals surface area (Å²) in [6, 6.07) is 3.04. The molecule has 0 unspecified atom stereocenters. The SMILES string of the molecule is O=S(=O)(NCCc1ncno1)c1ccc(CO)s1. The average Bonchev–Trinajstić information content (AvgIpc) is 2.99. The number of aliphatic hydroxyl groups is 1. The topological polar surface area (TPSA) is 105 Å². The van der Waals surface area contributed by atoms with Crippen molar-refractivity contribution in [1.82, 2.24) is 14.9 Å². The summed E-state index contributed by atoms with van der Waals surface area (Å²) in [5, 5.41) is 12.3. The zero-order valence-corrected chi connectivity index (χ0v) is 10.9. The number of thiophene rings is 1. The van der Waals surface area contributed by atoms with Gasteiger partial charge in [-0.1, -0.05) is 5.16 Å². The monoisotopic (exact) mass is 289 g/mol. The lowest BCUT2D eigenvalue weighted by Crippen LogP contribution is -2.25. The smallest absolute Gasteiger partial charge is 0.250 e. The quantitative estimate of drug-likeness (QED) is 0.784. The summed E-state index contributed by atoms with van der Waals surface area (Å²) >= 11 is 1.04. The molecule has 2 rings (SSSR count). The van der Waals surface area contributed by atoms with E-state index in [1.54, 1.807) is 6.07 Å². The zero-order chi connectivity index (χ0) is 13.0. The highest BCUT2D eigenvalue weighted by atomic mass is 32.2. The molecule has 0 amide bonds. The standard InChI is InChI=1S/C9H11N3O4S2/c13-5-7-1-2-9(17-7)18(14,15)12-4-3-8-10-6-11-16-8/h1-2,6,12-13H,3-5H2. The van der Waals surface area contributed by atoms with Crippen LogP contribution >= 0.6 is 11.3 Å². The van der Waals surface area contributed by atoms with Gasteiger partial charge in [-0.2, -0.15) is 4.98 Å². The molecule has 0 bridgehead atoms. The molecule has 18 heavy (non-hydrogen) atoms. The number of aromatic nitrogens is 2. The van der Waals surface area contributed by atoms with Crippen LogP contribution in [0.15, 0.2) is 27.2 Å². The van der Waals surface area contributed by atoms with Crippen molar-refractivity contribution in [1.29, 1.82) is 0 Å². The Morgan fingerprint density at radius 3 is 2.89 bits per heavy atom. The fourth-order valence-electron chi connectivity index (χ4n) is 1.26. The van der Waals surface area contributed by atoms with E-state index in [2.05, 4.69) is 14.9 Å². The minimum Gasteiger partial charge on any atom is -0.391 e. The molecule has 0 saturated carbocycles. The zero-order valence-electron chi connectivity index (χ0n) is 9.24. The molecule has 2 aromatic rings. The third-order valence-electron chi connectivity index (χ3n) is 2.10. The first-order chi connectivity index (χ1) is 8.62. The Kier molecular flexibility index (Phi) is 4.07. The van der Waals surface area contributed by atoms with Crippen LogP contribution in [0.1, 0.15) is 10.8 Å². The highest BCUT2D eigenvalue weighted by Gasteiger charge is 2.16. The molecule has 98 valence electrons. The Bertz CT molecular complexity index is 591. The summed E-state index contributed by atoms with van der Waals surface area (Å²) in [5.41, 5.74) is 0. The molecular formula is C9H11N3O4S2. The maximum absolute atomic E-state index is 11.8. The van der Waals surface area contributed by atoms with Crippen LogP contribution in [-0.4, -0.2) is 30.2 Å². The maximum Gasteiger partial charge on any atom is 0.250 e. The molecule has 2 N–H and O–H groups in total. The normalized spacial score (nSPS) is 11.8. The van der Waals surface area contributed by atoms with Gasteiger partial charge in [-0.05, 0) is 12.1 Å². The minimum atomic E-state index is -3.54. The lowest BCUT2D eigenvalue weighted by atomic mass is 10.4. The molecule has 0 spiro atoms. The molecule has 9 heteroatoms. The van der Waals surface area contributed by atoms with E-state index in [0.717, 1.165) is 11.3 Å². The van der Waals surface area contributed by atoms with Gasteiger partial charge < -0.3 is 9.63 Å². The summed E-state index contributed by atoms with van der Waals surface area (Å²) in [4.78, 5) is 4.39.